The Morgan fingerprint density at radius 1 is 1.18 bits per heavy atom. The standard InChI is InChI=1S/C14H16N4O4/c19-17(20)12-3-4-13(14(7-12)18(21)22)16-15-8-11-6-9-1-2-10(11)5-9/h3-4,7-11,16H,1-2,5-6H2/b15-8-/t9-,10-,11-/m0/s1. The molecule has 22 heavy (non-hydrogen) atoms. The third-order valence-corrected chi connectivity index (χ3v) is 4.63. The molecule has 8 heteroatoms. The second-order valence-electron chi connectivity index (χ2n) is 5.94. The summed E-state index contributed by atoms with van der Waals surface area (Å²) in [5, 5.41) is 25.8. The molecule has 1 aromatic carbocycles. The van der Waals surface area contributed by atoms with Crippen LogP contribution in [-0.4, -0.2) is 16.1 Å². The number of anilines is 1. The third-order valence-electron chi connectivity index (χ3n) is 4.63. The molecule has 2 saturated carbocycles. The molecule has 1 aromatic rings. The van der Waals surface area contributed by atoms with E-state index in [0.29, 0.717) is 11.8 Å². The molecule has 116 valence electrons. The lowest BCUT2D eigenvalue weighted by Crippen LogP contribution is -2.12. The molecule has 2 fully saturated rings. The average Bonchev–Trinajstić information content (AvgIpc) is 3.09. The SMILES string of the molecule is O=[N+]([O-])c1ccc(N/N=C\[C@@H]2C[C@H]3CC[C@H]2C3)c([N+](=O)[O-])c1. The van der Waals surface area contributed by atoms with E-state index in [4.69, 9.17) is 0 Å². The number of hydrogen-bond donors (Lipinski definition) is 1. The Morgan fingerprint density at radius 2 is 2.00 bits per heavy atom. The highest BCUT2D eigenvalue weighted by Gasteiger charge is 2.38. The molecule has 3 rings (SSSR count). The summed E-state index contributed by atoms with van der Waals surface area (Å²) in [5.41, 5.74) is 2.16. The lowest BCUT2D eigenvalue weighted by Gasteiger charge is -2.16. The van der Waals surface area contributed by atoms with Gasteiger partial charge in [-0.25, -0.2) is 0 Å². The van der Waals surface area contributed by atoms with Crippen LogP contribution in [0.3, 0.4) is 0 Å². The zero-order valence-corrected chi connectivity index (χ0v) is 11.8. The quantitative estimate of drug-likeness (QED) is 0.509. The summed E-state index contributed by atoms with van der Waals surface area (Å²) in [6.07, 6.45) is 6.76. The maximum atomic E-state index is 11.0. The predicted molar refractivity (Wildman–Crippen MR) is 80.8 cm³/mol. The van der Waals surface area contributed by atoms with Crippen molar-refractivity contribution in [2.45, 2.75) is 25.7 Å². The Hall–Kier alpha value is -2.51. The number of benzene rings is 1. The molecule has 0 heterocycles. The fourth-order valence-electron chi connectivity index (χ4n) is 3.56. The Labute approximate surface area is 126 Å². The van der Waals surface area contributed by atoms with Crippen molar-refractivity contribution in [3.05, 3.63) is 38.4 Å². The zero-order valence-electron chi connectivity index (χ0n) is 11.8. The first-order valence-corrected chi connectivity index (χ1v) is 7.26. The minimum Gasteiger partial charge on any atom is -0.272 e. The first-order valence-electron chi connectivity index (χ1n) is 7.26. The number of non-ortho nitro benzene ring substituents is 1. The highest BCUT2D eigenvalue weighted by Crippen LogP contribution is 2.47. The highest BCUT2D eigenvalue weighted by atomic mass is 16.6. The van der Waals surface area contributed by atoms with Crippen LogP contribution in [0.5, 0.6) is 0 Å². The van der Waals surface area contributed by atoms with E-state index in [1.54, 1.807) is 0 Å². The Balaban J connectivity index is 1.71. The number of rotatable bonds is 5. The maximum absolute atomic E-state index is 11.0. The second-order valence-corrected chi connectivity index (χ2v) is 5.94. The molecule has 0 amide bonds. The van der Waals surface area contributed by atoms with Crippen LogP contribution in [0, 0.1) is 38.0 Å². The summed E-state index contributed by atoms with van der Waals surface area (Å²) in [7, 11) is 0. The van der Waals surface area contributed by atoms with Crippen molar-refractivity contribution in [3.63, 3.8) is 0 Å². The van der Waals surface area contributed by atoms with E-state index in [1.165, 1.54) is 31.4 Å². The van der Waals surface area contributed by atoms with E-state index in [2.05, 4.69) is 10.5 Å². The molecule has 2 aliphatic carbocycles. The van der Waals surface area contributed by atoms with Crippen LogP contribution in [0.2, 0.25) is 0 Å². The van der Waals surface area contributed by atoms with Gasteiger partial charge in [-0.15, -0.1) is 0 Å². The number of nitro groups is 2. The Kier molecular flexibility index (Phi) is 3.74. The van der Waals surface area contributed by atoms with Crippen LogP contribution in [0.1, 0.15) is 25.7 Å². The Morgan fingerprint density at radius 3 is 2.59 bits per heavy atom. The van der Waals surface area contributed by atoms with Crippen LogP contribution in [-0.2, 0) is 0 Å². The van der Waals surface area contributed by atoms with Crippen LogP contribution in [0.25, 0.3) is 0 Å². The van der Waals surface area contributed by atoms with Gasteiger partial charge in [0.25, 0.3) is 5.69 Å². The molecule has 2 bridgehead atoms. The molecule has 1 N–H and O–H groups in total. The van der Waals surface area contributed by atoms with E-state index < -0.39 is 9.85 Å². The molecule has 0 spiro atoms. The lowest BCUT2D eigenvalue weighted by molar-refractivity contribution is -0.393. The van der Waals surface area contributed by atoms with Crippen LogP contribution in [0.4, 0.5) is 17.1 Å². The van der Waals surface area contributed by atoms with Crippen LogP contribution < -0.4 is 5.43 Å². The average molecular weight is 304 g/mol. The van der Waals surface area contributed by atoms with Crippen molar-refractivity contribution >= 4 is 23.3 Å². The van der Waals surface area contributed by atoms with Gasteiger partial charge < -0.3 is 0 Å². The minimum atomic E-state index is -0.657. The van der Waals surface area contributed by atoms with E-state index in [1.807, 2.05) is 6.21 Å². The summed E-state index contributed by atoms with van der Waals surface area (Å²) in [4.78, 5) is 20.4. The van der Waals surface area contributed by atoms with E-state index in [0.717, 1.165) is 18.4 Å². The molecule has 0 aromatic heterocycles. The van der Waals surface area contributed by atoms with Gasteiger partial charge in [0.2, 0.25) is 0 Å². The predicted octanol–water partition coefficient (Wildman–Crippen LogP) is 3.34. The van der Waals surface area contributed by atoms with Crippen molar-refractivity contribution in [2.75, 3.05) is 5.43 Å². The summed E-state index contributed by atoms with van der Waals surface area (Å²) >= 11 is 0. The molecular weight excluding hydrogens is 288 g/mol. The van der Waals surface area contributed by atoms with Crippen LogP contribution in [0.15, 0.2) is 23.3 Å². The number of fused-ring (bicyclic) bond motifs is 2. The van der Waals surface area contributed by atoms with Crippen molar-refractivity contribution in [2.24, 2.45) is 22.9 Å². The number of nitrogens with zero attached hydrogens (tertiary/aromatic N) is 3. The molecular formula is C14H16N4O4. The van der Waals surface area contributed by atoms with Crippen molar-refractivity contribution in [3.8, 4) is 0 Å². The van der Waals surface area contributed by atoms with Gasteiger partial charge in [0, 0.05) is 12.3 Å². The molecule has 8 nitrogen and oxygen atoms in total. The Bertz CT molecular complexity index is 646. The number of nitro benzene ring substituents is 2. The number of hydrazone groups is 1. The zero-order chi connectivity index (χ0) is 15.7. The highest BCUT2D eigenvalue weighted by molar-refractivity contribution is 5.68. The van der Waals surface area contributed by atoms with Crippen molar-refractivity contribution in [1.82, 2.24) is 0 Å². The van der Waals surface area contributed by atoms with E-state index >= 15 is 0 Å². The van der Waals surface area contributed by atoms with Gasteiger partial charge >= 0.3 is 5.69 Å². The minimum absolute atomic E-state index is 0.162. The number of nitrogens with one attached hydrogen (secondary N) is 1. The third kappa shape index (κ3) is 2.76. The first kappa shape index (κ1) is 14.4. The molecule has 2 aliphatic rings. The monoisotopic (exact) mass is 304 g/mol. The molecule has 0 unspecified atom stereocenters. The molecule has 0 saturated heterocycles. The van der Waals surface area contributed by atoms with Crippen molar-refractivity contribution < 1.29 is 9.85 Å². The first-order chi connectivity index (χ1) is 10.5. The van der Waals surface area contributed by atoms with E-state index in [-0.39, 0.29) is 17.1 Å². The smallest absolute Gasteiger partial charge is 0.272 e. The maximum Gasteiger partial charge on any atom is 0.301 e. The van der Waals surface area contributed by atoms with Gasteiger partial charge in [0.05, 0.1) is 15.9 Å². The van der Waals surface area contributed by atoms with Gasteiger partial charge in [0.15, 0.2) is 0 Å². The topological polar surface area (TPSA) is 111 Å². The van der Waals surface area contributed by atoms with Gasteiger partial charge in [-0.2, -0.15) is 5.10 Å². The fraction of sp³-hybridized carbons (Fsp3) is 0.500. The summed E-state index contributed by atoms with van der Waals surface area (Å²) in [6.45, 7) is 0. The van der Waals surface area contributed by atoms with E-state index in [9.17, 15) is 20.2 Å². The van der Waals surface area contributed by atoms with Gasteiger partial charge in [-0.05, 0) is 43.1 Å². The lowest BCUT2D eigenvalue weighted by atomic mass is 9.90. The molecule has 0 radical (unpaired) electrons. The summed E-state index contributed by atoms with van der Waals surface area (Å²) < 4.78 is 0. The van der Waals surface area contributed by atoms with Crippen LogP contribution >= 0.6 is 0 Å². The summed E-state index contributed by atoms with van der Waals surface area (Å²) in [6, 6.07) is 3.48. The van der Waals surface area contributed by atoms with Gasteiger partial charge in [0.1, 0.15) is 5.69 Å². The second kappa shape index (κ2) is 5.70. The number of hydrogen-bond acceptors (Lipinski definition) is 6. The van der Waals surface area contributed by atoms with Gasteiger partial charge in [-0.3, -0.25) is 25.7 Å². The summed E-state index contributed by atoms with van der Waals surface area (Å²) in [5.74, 6) is 1.92. The van der Waals surface area contributed by atoms with Gasteiger partial charge in [-0.1, -0.05) is 6.42 Å². The normalized spacial score (nSPS) is 26.5. The largest absolute Gasteiger partial charge is 0.301 e. The molecule has 3 atom stereocenters. The van der Waals surface area contributed by atoms with Crippen molar-refractivity contribution in [1.29, 1.82) is 0 Å². The fourth-order valence-corrected chi connectivity index (χ4v) is 3.56. The molecule has 0 aliphatic heterocycles.